The molecule has 1 heterocycles. The Labute approximate surface area is 161 Å². The van der Waals surface area contributed by atoms with Crippen molar-refractivity contribution in [3.63, 3.8) is 0 Å². The topological polar surface area (TPSA) is 44.9 Å². The van der Waals surface area contributed by atoms with Gasteiger partial charge in [0.1, 0.15) is 11.9 Å². The van der Waals surface area contributed by atoms with E-state index in [-0.39, 0.29) is 41.3 Å². The maximum absolute atomic E-state index is 13.0. The highest BCUT2D eigenvalue weighted by Crippen LogP contribution is 2.22. The molecule has 0 saturated carbocycles. The SMILES string of the molecule is C#CC(N=C(N)N1CCN(c2ccc(F)cc2)CC1)C(C)(C)C.I. The minimum absolute atomic E-state index is 0. The number of nitrogens with zero attached hydrogens (tertiary/aromatic N) is 3. The fourth-order valence-corrected chi connectivity index (χ4v) is 2.54. The first-order valence-corrected chi connectivity index (χ1v) is 7.86. The van der Waals surface area contributed by atoms with Crippen molar-refractivity contribution in [2.24, 2.45) is 16.1 Å². The summed E-state index contributed by atoms with van der Waals surface area (Å²) >= 11 is 0. The van der Waals surface area contributed by atoms with Gasteiger partial charge < -0.3 is 15.5 Å². The predicted octanol–water partition coefficient (Wildman–Crippen LogP) is 2.93. The molecule has 132 valence electrons. The van der Waals surface area contributed by atoms with Crippen LogP contribution in [0.5, 0.6) is 0 Å². The number of terminal acetylenes is 1. The van der Waals surface area contributed by atoms with Crippen molar-refractivity contribution in [1.29, 1.82) is 0 Å². The third-order valence-electron chi connectivity index (χ3n) is 4.03. The number of benzene rings is 1. The summed E-state index contributed by atoms with van der Waals surface area (Å²) in [5.74, 6) is 3.00. The van der Waals surface area contributed by atoms with E-state index in [4.69, 9.17) is 12.2 Å². The van der Waals surface area contributed by atoms with E-state index in [0.717, 1.165) is 31.9 Å². The molecule has 1 aliphatic rings. The Hall–Kier alpha value is -1.49. The van der Waals surface area contributed by atoms with Crippen molar-refractivity contribution in [3.05, 3.63) is 30.1 Å². The molecule has 2 N–H and O–H groups in total. The quantitative estimate of drug-likeness (QED) is 0.330. The number of halogens is 2. The van der Waals surface area contributed by atoms with Gasteiger partial charge >= 0.3 is 0 Å². The highest BCUT2D eigenvalue weighted by Gasteiger charge is 2.24. The maximum Gasteiger partial charge on any atom is 0.192 e. The Kier molecular flexibility index (Phi) is 7.33. The Balaban J connectivity index is 0.00000288. The summed E-state index contributed by atoms with van der Waals surface area (Å²) < 4.78 is 13.0. The van der Waals surface area contributed by atoms with Crippen LogP contribution in [-0.4, -0.2) is 43.1 Å². The summed E-state index contributed by atoms with van der Waals surface area (Å²) in [6.07, 6.45) is 5.58. The number of hydrogen-bond donors (Lipinski definition) is 1. The highest BCUT2D eigenvalue weighted by molar-refractivity contribution is 14.0. The zero-order valence-electron chi connectivity index (χ0n) is 14.5. The van der Waals surface area contributed by atoms with Crippen molar-refractivity contribution in [3.8, 4) is 12.3 Å². The van der Waals surface area contributed by atoms with Gasteiger partial charge in [-0.05, 0) is 29.7 Å². The van der Waals surface area contributed by atoms with E-state index >= 15 is 0 Å². The third kappa shape index (κ3) is 5.26. The first kappa shape index (κ1) is 20.6. The summed E-state index contributed by atoms with van der Waals surface area (Å²) in [4.78, 5) is 8.78. The first-order chi connectivity index (χ1) is 10.8. The summed E-state index contributed by atoms with van der Waals surface area (Å²) in [7, 11) is 0. The average molecular weight is 444 g/mol. The Morgan fingerprint density at radius 3 is 2.21 bits per heavy atom. The van der Waals surface area contributed by atoms with Crippen LogP contribution in [0.1, 0.15) is 20.8 Å². The maximum atomic E-state index is 13.0. The van der Waals surface area contributed by atoms with Crippen LogP contribution in [0, 0.1) is 23.6 Å². The van der Waals surface area contributed by atoms with Gasteiger partial charge in [0.25, 0.3) is 0 Å². The smallest absolute Gasteiger partial charge is 0.192 e. The van der Waals surface area contributed by atoms with Crippen LogP contribution >= 0.6 is 24.0 Å². The molecule has 0 aliphatic carbocycles. The van der Waals surface area contributed by atoms with E-state index in [1.807, 2.05) is 0 Å². The van der Waals surface area contributed by atoms with Crippen molar-refractivity contribution in [2.45, 2.75) is 26.8 Å². The molecule has 0 amide bonds. The number of piperazine rings is 1. The van der Waals surface area contributed by atoms with Gasteiger partial charge in [-0.25, -0.2) is 9.38 Å². The lowest BCUT2D eigenvalue weighted by atomic mass is 9.88. The molecule has 6 heteroatoms. The molecule has 0 spiro atoms. The summed E-state index contributed by atoms with van der Waals surface area (Å²) in [5.41, 5.74) is 7.05. The van der Waals surface area contributed by atoms with E-state index < -0.39 is 0 Å². The fourth-order valence-electron chi connectivity index (χ4n) is 2.54. The molecule has 0 radical (unpaired) electrons. The van der Waals surface area contributed by atoms with Crippen molar-refractivity contribution in [2.75, 3.05) is 31.1 Å². The molecule has 1 unspecified atom stereocenters. The van der Waals surface area contributed by atoms with E-state index in [2.05, 4.69) is 41.5 Å². The standard InChI is InChI=1S/C18H25FN4.HI/c1-5-16(18(2,3)4)21-17(20)23-12-10-22(11-13-23)15-8-6-14(19)7-9-15;/h1,6-9,16H,10-13H2,2-4H3,(H2,20,21);1H. The monoisotopic (exact) mass is 444 g/mol. The average Bonchev–Trinajstić information content (AvgIpc) is 2.52. The zero-order chi connectivity index (χ0) is 17.0. The molecule has 4 nitrogen and oxygen atoms in total. The van der Waals surface area contributed by atoms with Crippen LogP contribution in [0.4, 0.5) is 10.1 Å². The molecule has 1 aliphatic heterocycles. The number of rotatable bonds is 2. The van der Waals surface area contributed by atoms with Gasteiger partial charge in [0.15, 0.2) is 5.96 Å². The molecule has 24 heavy (non-hydrogen) atoms. The highest BCUT2D eigenvalue weighted by atomic mass is 127. The van der Waals surface area contributed by atoms with Gasteiger partial charge in [0.05, 0.1) is 0 Å². The van der Waals surface area contributed by atoms with Gasteiger partial charge in [-0.2, -0.15) is 0 Å². The summed E-state index contributed by atoms with van der Waals surface area (Å²) in [6.45, 7) is 9.35. The second-order valence-electron chi connectivity index (χ2n) is 6.87. The second kappa shape index (κ2) is 8.56. The van der Waals surface area contributed by atoms with E-state index in [1.54, 1.807) is 12.1 Å². The normalized spacial score (nSPS) is 17.0. The molecule has 1 fully saturated rings. The van der Waals surface area contributed by atoms with Gasteiger partial charge in [-0.1, -0.05) is 26.7 Å². The lowest BCUT2D eigenvalue weighted by Gasteiger charge is -2.37. The van der Waals surface area contributed by atoms with Crippen molar-refractivity contribution < 1.29 is 4.39 Å². The number of guanidine groups is 1. The Morgan fingerprint density at radius 2 is 1.75 bits per heavy atom. The van der Waals surface area contributed by atoms with Gasteiger partial charge in [0.2, 0.25) is 0 Å². The molecule has 2 rings (SSSR count). The molecule has 0 aromatic heterocycles. The van der Waals surface area contributed by atoms with Gasteiger partial charge in [-0.3, -0.25) is 0 Å². The van der Waals surface area contributed by atoms with E-state index in [9.17, 15) is 4.39 Å². The number of anilines is 1. The minimum atomic E-state index is -0.238. The van der Waals surface area contributed by atoms with Crippen molar-refractivity contribution in [1.82, 2.24) is 4.90 Å². The van der Waals surface area contributed by atoms with Gasteiger partial charge in [-0.15, -0.1) is 30.4 Å². The Bertz CT molecular complexity index is 593. The lowest BCUT2D eigenvalue weighted by Crippen LogP contribution is -2.51. The summed E-state index contributed by atoms with van der Waals surface area (Å²) in [5, 5.41) is 0. The largest absolute Gasteiger partial charge is 0.370 e. The molecule has 1 saturated heterocycles. The molecule has 1 aromatic carbocycles. The second-order valence-corrected chi connectivity index (χ2v) is 6.87. The Morgan fingerprint density at radius 1 is 1.21 bits per heavy atom. The van der Waals surface area contributed by atoms with Crippen LogP contribution < -0.4 is 10.6 Å². The predicted molar refractivity (Wildman–Crippen MR) is 109 cm³/mol. The van der Waals surface area contributed by atoms with Crippen molar-refractivity contribution >= 4 is 35.6 Å². The zero-order valence-corrected chi connectivity index (χ0v) is 16.8. The molecular formula is C18H26FIN4. The molecule has 1 aromatic rings. The molecular weight excluding hydrogens is 418 g/mol. The van der Waals surface area contributed by atoms with Crippen LogP contribution in [0.25, 0.3) is 0 Å². The molecule has 1 atom stereocenters. The van der Waals surface area contributed by atoms with E-state index in [1.165, 1.54) is 12.1 Å². The lowest BCUT2D eigenvalue weighted by molar-refractivity contribution is 0.354. The van der Waals surface area contributed by atoms with Gasteiger partial charge in [0, 0.05) is 31.9 Å². The third-order valence-corrected chi connectivity index (χ3v) is 4.03. The number of aliphatic imine (C=N–C) groups is 1. The first-order valence-electron chi connectivity index (χ1n) is 7.86. The van der Waals surface area contributed by atoms with Crippen LogP contribution in [0.3, 0.4) is 0 Å². The van der Waals surface area contributed by atoms with Crippen LogP contribution in [0.15, 0.2) is 29.3 Å². The van der Waals surface area contributed by atoms with Crippen LogP contribution in [0.2, 0.25) is 0 Å². The number of hydrogen-bond acceptors (Lipinski definition) is 2. The minimum Gasteiger partial charge on any atom is -0.370 e. The summed E-state index contributed by atoms with van der Waals surface area (Å²) in [6, 6.07) is 6.33. The van der Waals surface area contributed by atoms with E-state index in [0.29, 0.717) is 5.96 Å². The van der Waals surface area contributed by atoms with Crippen LogP contribution in [-0.2, 0) is 0 Å². The number of nitrogens with two attached hydrogens (primary N) is 1. The fraction of sp³-hybridized carbons (Fsp3) is 0.500. The molecule has 0 bridgehead atoms.